The van der Waals surface area contributed by atoms with Crippen LogP contribution in [0.4, 0.5) is 8.78 Å². The third-order valence-corrected chi connectivity index (χ3v) is 2.11. The average molecular weight is 230 g/mol. The molecule has 1 unspecified atom stereocenters. The minimum absolute atomic E-state index is 0.0710. The Morgan fingerprint density at radius 2 is 1.94 bits per heavy atom. The van der Waals surface area contributed by atoms with Crippen LogP contribution in [-0.2, 0) is 11.2 Å². The van der Waals surface area contributed by atoms with Gasteiger partial charge in [0.05, 0.1) is 5.92 Å². The molecule has 0 aromatic heterocycles. The maximum Gasteiger partial charge on any atom is 0.387 e. The molecule has 0 saturated heterocycles. The molecular formula is C11H12F2O3. The molecule has 0 aliphatic rings. The number of hydrogen-bond donors (Lipinski definition) is 1. The number of benzene rings is 1. The van der Waals surface area contributed by atoms with Crippen LogP contribution >= 0.6 is 0 Å². The number of carbonyl (C=O) groups is 1. The number of aliphatic carboxylic acids is 1. The fraction of sp³-hybridized carbons (Fsp3) is 0.364. The zero-order valence-corrected chi connectivity index (χ0v) is 8.69. The van der Waals surface area contributed by atoms with Crippen LogP contribution in [0.3, 0.4) is 0 Å². The van der Waals surface area contributed by atoms with Crippen LogP contribution in [0, 0.1) is 5.92 Å². The van der Waals surface area contributed by atoms with Crippen molar-refractivity contribution in [2.75, 3.05) is 0 Å². The van der Waals surface area contributed by atoms with Gasteiger partial charge in [-0.2, -0.15) is 8.78 Å². The van der Waals surface area contributed by atoms with Crippen molar-refractivity contribution in [2.45, 2.75) is 20.0 Å². The average Bonchev–Trinajstić information content (AvgIpc) is 2.20. The summed E-state index contributed by atoms with van der Waals surface area (Å²) in [6, 6.07) is 5.96. The molecule has 0 aliphatic heterocycles. The van der Waals surface area contributed by atoms with E-state index in [1.54, 1.807) is 19.1 Å². The minimum atomic E-state index is -2.84. The van der Waals surface area contributed by atoms with Gasteiger partial charge in [0.1, 0.15) is 5.75 Å². The van der Waals surface area contributed by atoms with Gasteiger partial charge in [-0.05, 0) is 24.1 Å². The predicted octanol–water partition coefficient (Wildman–Crippen LogP) is 2.55. The van der Waals surface area contributed by atoms with Gasteiger partial charge < -0.3 is 9.84 Å². The molecule has 0 radical (unpaired) electrons. The molecule has 1 atom stereocenters. The zero-order chi connectivity index (χ0) is 12.1. The van der Waals surface area contributed by atoms with Crippen molar-refractivity contribution in [1.29, 1.82) is 0 Å². The SMILES string of the molecule is CC(Cc1ccc(OC(F)F)cc1)C(=O)O. The zero-order valence-electron chi connectivity index (χ0n) is 8.69. The van der Waals surface area contributed by atoms with Crippen LogP contribution in [0.25, 0.3) is 0 Å². The van der Waals surface area contributed by atoms with Crippen LogP contribution in [0.5, 0.6) is 5.75 Å². The van der Waals surface area contributed by atoms with Gasteiger partial charge in [0.25, 0.3) is 0 Å². The molecule has 16 heavy (non-hydrogen) atoms. The van der Waals surface area contributed by atoms with Crippen LogP contribution in [-0.4, -0.2) is 17.7 Å². The number of carboxylic acid groups (broad SMARTS) is 1. The smallest absolute Gasteiger partial charge is 0.387 e. The first-order valence-corrected chi connectivity index (χ1v) is 4.75. The summed E-state index contributed by atoms with van der Waals surface area (Å²) >= 11 is 0. The van der Waals surface area contributed by atoms with E-state index in [2.05, 4.69) is 4.74 Å². The van der Waals surface area contributed by atoms with E-state index in [1.165, 1.54) is 12.1 Å². The first-order valence-electron chi connectivity index (χ1n) is 4.75. The second-order valence-electron chi connectivity index (χ2n) is 3.47. The van der Waals surface area contributed by atoms with Crippen molar-refractivity contribution < 1.29 is 23.4 Å². The minimum Gasteiger partial charge on any atom is -0.481 e. The Labute approximate surface area is 91.7 Å². The number of hydrogen-bond acceptors (Lipinski definition) is 2. The monoisotopic (exact) mass is 230 g/mol. The van der Waals surface area contributed by atoms with Gasteiger partial charge in [-0.15, -0.1) is 0 Å². The van der Waals surface area contributed by atoms with Gasteiger partial charge in [0.2, 0.25) is 0 Å². The summed E-state index contributed by atoms with van der Waals surface area (Å²) in [7, 11) is 0. The van der Waals surface area contributed by atoms with E-state index < -0.39 is 18.5 Å². The molecule has 1 rings (SSSR count). The summed E-state index contributed by atoms with van der Waals surface area (Å²) in [6.07, 6.45) is 0.365. The number of alkyl halides is 2. The first-order chi connectivity index (χ1) is 7.49. The first kappa shape index (κ1) is 12.4. The summed E-state index contributed by atoms with van der Waals surface area (Å²) in [4.78, 5) is 10.6. The van der Waals surface area contributed by atoms with Crippen LogP contribution in [0.1, 0.15) is 12.5 Å². The van der Waals surface area contributed by atoms with Gasteiger partial charge in [-0.25, -0.2) is 0 Å². The molecular weight excluding hydrogens is 218 g/mol. The fourth-order valence-electron chi connectivity index (χ4n) is 1.25. The highest BCUT2D eigenvalue weighted by molar-refractivity contribution is 5.69. The molecule has 5 heteroatoms. The Morgan fingerprint density at radius 1 is 1.38 bits per heavy atom. The van der Waals surface area contributed by atoms with Crippen molar-refractivity contribution in [3.8, 4) is 5.75 Å². The van der Waals surface area contributed by atoms with Gasteiger partial charge in [0.15, 0.2) is 0 Å². The van der Waals surface area contributed by atoms with E-state index in [-0.39, 0.29) is 5.75 Å². The number of ether oxygens (including phenoxy) is 1. The van der Waals surface area contributed by atoms with Crippen molar-refractivity contribution >= 4 is 5.97 Å². The second kappa shape index (κ2) is 5.44. The predicted molar refractivity (Wildman–Crippen MR) is 53.6 cm³/mol. The Bertz CT molecular complexity index is 349. The number of halogens is 2. The Morgan fingerprint density at radius 3 is 2.38 bits per heavy atom. The molecule has 1 N–H and O–H groups in total. The molecule has 3 nitrogen and oxygen atoms in total. The lowest BCUT2D eigenvalue weighted by molar-refractivity contribution is -0.141. The van der Waals surface area contributed by atoms with E-state index in [9.17, 15) is 13.6 Å². The molecule has 0 saturated carbocycles. The largest absolute Gasteiger partial charge is 0.481 e. The normalized spacial score (nSPS) is 12.5. The third-order valence-electron chi connectivity index (χ3n) is 2.11. The summed E-state index contributed by atoms with van der Waals surface area (Å²) in [6.45, 7) is -1.25. The summed E-state index contributed by atoms with van der Waals surface area (Å²) in [5, 5.41) is 8.69. The van der Waals surface area contributed by atoms with Crippen molar-refractivity contribution in [3.05, 3.63) is 29.8 Å². The Hall–Kier alpha value is -1.65. The van der Waals surface area contributed by atoms with E-state index in [0.717, 1.165) is 5.56 Å². The molecule has 1 aromatic rings. The quantitative estimate of drug-likeness (QED) is 0.845. The maximum atomic E-state index is 11.8. The van der Waals surface area contributed by atoms with Gasteiger partial charge in [-0.1, -0.05) is 19.1 Å². The second-order valence-corrected chi connectivity index (χ2v) is 3.47. The maximum absolute atomic E-state index is 11.8. The lowest BCUT2D eigenvalue weighted by Gasteiger charge is -2.08. The molecule has 1 aromatic carbocycles. The Kier molecular flexibility index (Phi) is 4.22. The van der Waals surface area contributed by atoms with Crippen molar-refractivity contribution in [3.63, 3.8) is 0 Å². The summed E-state index contributed by atoms with van der Waals surface area (Å²) in [5.74, 6) is -1.31. The summed E-state index contributed by atoms with van der Waals surface area (Å²) < 4.78 is 27.8. The van der Waals surface area contributed by atoms with Crippen LogP contribution in [0.2, 0.25) is 0 Å². The fourth-order valence-corrected chi connectivity index (χ4v) is 1.25. The van der Waals surface area contributed by atoms with E-state index >= 15 is 0 Å². The Balaban J connectivity index is 2.61. The van der Waals surface area contributed by atoms with E-state index in [4.69, 9.17) is 5.11 Å². The molecule has 0 aliphatic carbocycles. The van der Waals surface area contributed by atoms with Crippen molar-refractivity contribution in [1.82, 2.24) is 0 Å². The van der Waals surface area contributed by atoms with Gasteiger partial charge >= 0.3 is 12.6 Å². The standard InChI is InChI=1S/C11H12F2O3/c1-7(10(14)15)6-8-2-4-9(5-3-8)16-11(12)13/h2-5,7,11H,6H2,1H3,(H,14,15). The van der Waals surface area contributed by atoms with Crippen LogP contribution < -0.4 is 4.74 Å². The molecule has 88 valence electrons. The third kappa shape index (κ3) is 3.84. The highest BCUT2D eigenvalue weighted by Gasteiger charge is 2.11. The number of carboxylic acids is 1. The van der Waals surface area contributed by atoms with E-state index in [1.807, 2.05) is 0 Å². The molecule has 0 fully saturated rings. The lowest BCUT2D eigenvalue weighted by atomic mass is 10.0. The topological polar surface area (TPSA) is 46.5 Å². The van der Waals surface area contributed by atoms with Crippen LogP contribution in [0.15, 0.2) is 24.3 Å². The van der Waals surface area contributed by atoms with Gasteiger partial charge in [0, 0.05) is 0 Å². The molecule has 0 heterocycles. The molecule has 0 spiro atoms. The van der Waals surface area contributed by atoms with Crippen molar-refractivity contribution in [2.24, 2.45) is 5.92 Å². The number of rotatable bonds is 5. The summed E-state index contributed by atoms with van der Waals surface area (Å²) in [5.41, 5.74) is 0.775. The highest BCUT2D eigenvalue weighted by atomic mass is 19.3. The molecule has 0 bridgehead atoms. The van der Waals surface area contributed by atoms with Gasteiger partial charge in [-0.3, -0.25) is 4.79 Å². The highest BCUT2D eigenvalue weighted by Crippen LogP contribution is 2.17. The van der Waals surface area contributed by atoms with E-state index in [0.29, 0.717) is 6.42 Å². The lowest BCUT2D eigenvalue weighted by Crippen LogP contribution is -2.12. The molecule has 0 amide bonds.